The second kappa shape index (κ2) is 8.31. The third-order valence-electron chi connectivity index (χ3n) is 3.80. The van der Waals surface area contributed by atoms with Crippen LogP contribution in [0.15, 0.2) is 30.0 Å². The van der Waals surface area contributed by atoms with E-state index in [0.717, 1.165) is 12.0 Å². The Kier molecular flexibility index (Phi) is 6.58. The first-order valence-corrected chi connectivity index (χ1v) is 9.20. The third kappa shape index (κ3) is 5.64. The van der Waals surface area contributed by atoms with Crippen molar-refractivity contribution in [3.05, 3.63) is 45.6 Å². The molecule has 0 N–H and O–H groups in total. The van der Waals surface area contributed by atoms with E-state index in [-0.39, 0.29) is 11.7 Å². The van der Waals surface area contributed by atoms with Crippen LogP contribution < -0.4 is 0 Å². The second-order valence-electron chi connectivity index (χ2n) is 7.09. The van der Waals surface area contributed by atoms with Gasteiger partial charge in [0.15, 0.2) is 0 Å². The van der Waals surface area contributed by atoms with Gasteiger partial charge in [-0.25, -0.2) is 4.79 Å². The number of nitrogens with zero attached hydrogens (tertiary/aromatic N) is 1. The molecular formula is C19H23Cl2NO4. The molecule has 1 amide bonds. The van der Waals surface area contributed by atoms with E-state index in [9.17, 15) is 9.59 Å². The molecule has 0 bridgehead atoms. The zero-order chi connectivity index (χ0) is 19.5. The Morgan fingerprint density at radius 2 is 1.92 bits per heavy atom. The Hall–Kier alpha value is -1.72. The number of hydrogen-bond donors (Lipinski definition) is 0. The minimum absolute atomic E-state index is 0.0799. The smallest absolute Gasteiger partial charge is 0.377 e. The maximum atomic E-state index is 12.7. The predicted molar refractivity (Wildman–Crippen MR) is 101 cm³/mol. The molecule has 2 rings (SSSR count). The summed E-state index contributed by atoms with van der Waals surface area (Å²) in [7, 11) is 0. The minimum atomic E-state index is -1.06. The summed E-state index contributed by atoms with van der Waals surface area (Å²) in [5, 5.41) is 0.894. The van der Waals surface area contributed by atoms with E-state index >= 15 is 0 Å². The summed E-state index contributed by atoms with van der Waals surface area (Å²) < 4.78 is 10.5. The highest BCUT2D eigenvalue weighted by Gasteiger charge is 2.38. The fourth-order valence-electron chi connectivity index (χ4n) is 2.43. The second-order valence-corrected chi connectivity index (χ2v) is 7.91. The summed E-state index contributed by atoms with van der Waals surface area (Å²) in [6, 6.07) is 5.25. The van der Waals surface area contributed by atoms with Crippen LogP contribution in [0.4, 0.5) is 0 Å². The number of ether oxygens (including phenoxy) is 2. The van der Waals surface area contributed by atoms with Gasteiger partial charge in [-0.2, -0.15) is 0 Å². The van der Waals surface area contributed by atoms with Crippen molar-refractivity contribution in [2.24, 2.45) is 5.92 Å². The van der Waals surface area contributed by atoms with Crippen molar-refractivity contribution >= 4 is 35.1 Å². The van der Waals surface area contributed by atoms with Crippen molar-refractivity contribution in [3.8, 4) is 0 Å². The molecule has 1 aromatic carbocycles. The molecule has 5 nitrogen and oxygen atoms in total. The van der Waals surface area contributed by atoms with Gasteiger partial charge in [0.1, 0.15) is 0 Å². The van der Waals surface area contributed by atoms with Crippen LogP contribution in [-0.4, -0.2) is 29.1 Å². The van der Waals surface area contributed by atoms with Crippen LogP contribution in [0.25, 0.3) is 0 Å². The molecule has 1 fully saturated rings. The Labute approximate surface area is 163 Å². The van der Waals surface area contributed by atoms with Crippen molar-refractivity contribution in [2.45, 2.75) is 46.4 Å². The molecule has 0 saturated carbocycles. The van der Waals surface area contributed by atoms with Gasteiger partial charge in [0.25, 0.3) is 5.91 Å². The number of hydrogen-bond acceptors (Lipinski definition) is 4. The van der Waals surface area contributed by atoms with Crippen molar-refractivity contribution in [3.63, 3.8) is 0 Å². The fraction of sp³-hybridized carbons (Fsp3) is 0.474. The molecule has 0 aromatic heterocycles. The van der Waals surface area contributed by atoms with E-state index in [1.165, 1.54) is 6.08 Å². The number of esters is 1. The molecule has 0 atom stereocenters. The molecule has 0 aliphatic carbocycles. The number of carbonyl (C=O) groups is 2. The van der Waals surface area contributed by atoms with Crippen LogP contribution in [0.1, 0.15) is 39.7 Å². The molecule has 1 heterocycles. The van der Waals surface area contributed by atoms with Crippen molar-refractivity contribution in [2.75, 3.05) is 6.54 Å². The molecule has 1 saturated heterocycles. The average molecular weight is 400 g/mol. The lowest BCUT2D eigenvalue weighted by atomic mass is 10.1. The molecule has 0 unspecified atom stereocenters. The van der Waals surface area contributed by atoms with Crippen LogP contribution in [0.3, 0.4) is 0 Å². The van der Waals surface area contributed by atoms with Gasteiger partial charge in [-0.3, -0.25) is 4.79 Å². The number of halogens is 2. The van der Waals surface area contributed by atoms with Crippen molar-refractivity contribution in [1.29, 1.82) is 0 Å². The minimum Gasteiger partial charge on any atom is -0.445 e. The molecule has 1 aliphatic heterocycles. The fourth-order valence-corrected chi connectivity index (χ4v) is 2.75. The van der Waals surface area contributed by atoms with Crippen molar-refractivity contribution < 1.29 is 19.1 Å². The average Bonchev–Trinajstić information content (AvgIpc) is 2.78. The van der Waals surface area contributed by atoms with E-state index in [2.05, 4.69) is 13.8 Å². The molecular weight excluding hydrogens is 377 g/mol. The largest absolute Gasteiger partial charge is 0.445 e. The summed E-state index contributed by atoms with van der Waals surface area (Å²) in [6.07, 6.45) is 2.02. The van der Waals surface area contributed by atoms with Gasteiger partial charge in [0, 0.05) is 26.9 Å². The number of cyclic esters (lactones) is 1. The first-order valence-electron chi connectivity index (χ1n) is 8.44. The molecule has 0 spiro atoms. The lowest BCUT2D eigenvalue weighted by molar-refractivity contribution is -0.159. The maximum absolute atomic E-state index is 12.7. The predicted octanol–water partition coefficient (Wildman–Crippen LogP) is 4.56. The van der Waals surface area contributed by atoms with E-state index < -0.39 is 11.8 Å². The van der Waals surface area contributed by atoms with E-state index in [0.29, 0.717) is 29.1 Å². The van der Waals surface area contributed by atoms with Gasteiger partial charge in [-0.1, -0.05) is 43.1 Å². The van der Waals surface area contributed by atoms with E-state index in [1.807, 2.05) is 6.07 Å². The Balaban J connectivity index is 2.19. The van der Waals surface area contributed by atoms with Crippen LogP contribution in [-0.2, 0) is 25.6 Å². The third-order valence-corrected chi connectivity index (χ3v) is 4.53. The summed E-state index contributed by atoms with van der Waals surface area (Å²) in [5.74, 6) is -1.67. The van der Waals surface area contributed by atoms with Crippen LogP contribution >= 0.6 is 23.2 Å². The first kappa shape index (κ1) is 20.6. The molecule has 1 aliphatic rings. The lowest BCUT2D eigenvalue weighted by Gasteiger charge is -2.23. The highest BCUT2D eigenvalue weighted by molar-refractivity contribution is 6.42. The number of carbonyl (C=O) groups excluding carboxylic acids is 2. The summed E-state index contributed by atoms with van der Waals surface area (Å²) in [6.45, 7) is 8.29. The highest BCUT2D eigenvalue weighted by atomic mass is 35.5. The van der Waals surface area contributed by atoms with Crippen molar-refractivity contribution in [1.82, 2.24) is 4.90 Å². The maximum Gasteiger partial charge on any atom is 0.377 e. The number of rotatable bonds is 6. The van der Waals surface area contributed by atoms with Gasteiger partial charge in [0.2, 0.25) is 11.5 Å². The molecule has 1 aromatic rings. The van der Waals surface area contributed by atoms with E-state index in [1.54, 1.807) is 30.9 Å². The van der Waals surface area contributed by atoms with Gasteiger partial charge >= 0.3 is 5.97 Å². The Morgan fingerprint density at radius 1 is 1.23 bits per heavy atom. The molecule has 7 heteroatoms. The Bertz CT molecular complexity index is 728. The Morgan fingerprint density at radius 3 is 2.46 bits per heavy atom. The number of benzene rings is 1. The number of amides is 1. The standard InChI is InChI=1S/C19H23Cl2NO4/c1-12(2)7-8-22(11-13-5-6-14(20)15(21)9-13)17(23)10-16-18(24)26-19(3,4)25-16/h5-6,9-10,12H,7-8,11H2,1-4H3/b16-10+. The normalized spacial score (nSPS) is 17.3. The van der Waals surface area contributed by atoms with Gasteiger partial charge in [0.05, 0.1) is 16.1 Å². The van der Waals surface area contributed by atoms with Gasteiger partial charge in [-0.15, -0.1) is 0 Å². The lowest BCUT2D eigenvalue weighted by Crippen LogP contribution is -2.31. The van der Waals surface area contributed by atoms with Crippen LogP contribution in [0, 0.1) is 5.92 Å². The highest BCUT2D eigenvalue weighted by Crippen LogP contribution is 2.27. The van der Waals surface area contributed by atoms with Crippen LogP contribution in [0.2, 0.25) is 10.0 Å². The zero-order valence-corrected chi connectivity index (χ0v) is 16.9. The zero-order valence-electron chi connectivity index (χ0n) is 15.3. The molecule has 0 radical (unpaired) electrons. The first-order chi connectivity index (χ1) is 12.1. The SMILES string of the molecule is CC(C)CCN(Cc1ccc(Cl)c(Cl)c1)C(=O)/C=C1/OC(C)(C)OC1=O. The molecule has 142 valence electrons. The van der Waals surface area contributed by atoms with Crippen LogP contribution in [0.5, 0.6) is 0 Å². The summed E-state index contributed by atoms with van der Waals surface area (Å²) in [5.41, 5.74) is 0.852. The summed E-state index contributed by atoms with van der Waals surface area (Å²) >= 11 is 12.0. The summed E-state index contributed by atoms with van der Waals surface area (Å²) in [4.78, 5) is 26.2. The van der Waals surface area contributed by atoms with E-state index in [4.69, 9.17) is 32.7 Å². The topological polar surface area (TPSA) is 55.8 Å². The molecule has 26 heavy (non-hydrogen) atoms. The van der Waals surface area contributed by atoms with Gasteiger partial charge < -0.3 is 14.4 Å². The van der Waals surface area contributed by atoms with Gasteiger partial charge in [-0.05, 0) is 30.0 Å². The quantitative estimate of drug-likeness (QED) is 0.519. The monoisotopic (exact) mass is 399 g/mol.